The number of nitrogens with zero attached hydrogens (tertiary/aromatic N) is 1. The van der Waals surface area contributed by atoms with Crippen molar-refractivity contribution in [2.75, 3.05) is 6.54 Å². The predicted octanol–water partition coefficient (Wildman–Crippen LogP) is 3.66. The van der Waals surface area contributed by atoms with Gasteiger partial charge in [0.25, 0.3) is 0 Å². The minimum absolute atomic E-state index is 0. The summed E-state index contributed by atoms with van der Waals surface area (Å²) in [6.07, 6.45) is 2.27. The molecule has 0 aliphatic heterocycles. The van der Waals surface area contributed by atoms with Gasteiger partial charge in [-0.05, 0) is 22.8 Å². The van der Waals surface area contributed by atoms with Gasteiger partial charge in [0, 0.05) is 6.54 Å². The highest BCUT2D eigenvalue weighted by Crippen LogP contribution is 2.18. The second-order valence-electron chi connectivity index (χ2n) is 4.62. The zero-order valence-corrected chi connectivity index (χ0v) is 14.1. The van der Waals surface area contributed by atoms with Gasteiger partial charge in [0.2, 0.25) is 0 Å². The maximum atomic E-state index is 5.85. The van der Waals surface area contributed by atoms with Crippen molar-refractivity contribution in [1.29, 1.82) is 0 Å². The van der Waals surface area contributed by atoms with Crippen LogP contribution in [0.3, 0.4) is 0 Å². The number of unbranched alkanes of at least 4 members (excludes halogenated alkanes) is 1. The van der Waals surface area contributed by atoms with Gasteiger partial charge in [-0.2, -0.15) is 0 Å². The molecule has 20 heavy (non-hydrogen) atoms. The van der Waals surface area contributed by atoms with Crippen LogP contribution in [0.1, 0.15) is 25.3 Å². The van der Waals surface area contributed by atoms with Crippen molar-refractivity contribution in [2.45, 2.75) is 26.3 Å². The smallest absolute Gasteiger partial charge is 0.188 e. The highest BCUT2D eigenvalue weighted by atomic mass is 127. The van der Waals surface area contributed by atoms with Crippen molar-refractivity contribution < 1.29 is 0 Å². The number of nitrogens with two attached hydrogens (primary N) is 1. The molecule has 3 nitrogen and oxygen atoms in total. The second kappa shape index (κ2) is 8.79. The van der Waals surface area contributed by atoms with E-state index >= 15 is 0 Å². The number of fused-ring (bicyclic) bond motifs is 1. The van der Waals surface area contributed by atoms with Crippen LogP contribution in [0.2, 0.25) is 0 Å². The van der Waals surface area contributed by atoms with Gasteiger partial charge in [0.15, 0.2) is 5.96 Å². The molecule has 2 aromatic rings. The highest BCUT2D eigenvalue weighted by Gasteiger charge is 1.99. The average Bonchev–Trinajstić information content (AvgIpc) is 2.45. The van der Waals surface area contributed by atoms with Crippen molar-refractivity contribution in [1.82, 2.24) is 5.32 Å². The topological polar surface area (TPSA) is 50.4 Å². The van der Waals surface area contributed by atoms with Crippen LogP contribution < -0.4 is 11.1 Å². The lowest BCUT2D eigenvalue weighted by atomic mass is 10.1. The van der Waals surface area contributed by atoms with Crippen molar-refractivity contribution in [3.05, 3.63) is 48.0 Å². The molecule has 0 heterocycles. The van der Waals surface area contributed by atoms with Crippen molar-refractivity contribution in [2.24, 2.45) is 10.7 Å². The Labute approximate surface area is 137 Å². The lowest BCUT2D eigenvalue weighted by Gasteiger charge is -2.06. The first-order valence-electron chi connectivity index (χ1n) is 6.81. The standard InChI is InChI=1S/C16H21N3.HI/c1-2-3-11-18-16(17)19-12-14-9-6-8-13-7-4-5-10-15(13)14;/h4-10H,2-3,11-12H2,1H3,(H3,17,18,19);1H. The quantitative estimate of drug-likeness (QED) is 0.358. The number of nitrogens with one attached hydrogen (secondary N) is 1. The third kappa shape index (κ3) is 4.67. The van der Waals surface area contributed by atoms with E-state index < -0.39 is 0 Å². The van der Waals surface area contributed by atoms with Crippen molar-refractivity contribution in [3.63, 3.8) is 0 Å². The Morgan fingerprint density at radius 2 is 1.90 bits per heavy atom. The maximum Gasteiger partial charge on any atom is 0.188 e. The van der Waals surface area contributed by atoms with Gasteiger partial charge in [-0.1, -0.05) is 55.8 Å². The fourth-order valence-electron chi connectivity index (χ4n) is 2.05. The van der Waals surface area contributed by atoms with Gasteiger partial charge < -0.3 is 11.1 Å². The summed E-state index contributed by atoms with van der Waals surface area (Å²) in [6, 6.07) is 14.6. The molecule has 0 saturated carbocycles. The van der Waals surface area contributed by atoms with Gasteiger partial charge in [-0.15, -0.1) is 24.0 Å². The molecule has 0 saturated heterocycles. The summed E-state index contributed by atoms with van der Waals surface area (Å²) >= 11 is 0. The fraction of sp³-hybridized carbons (Fsp3) is 0.312. The Hall–Kier alpha value is -1.30. The lowest BCUT2D eigenvalue weighted by molar-refractivity contribution is 0.748. The summed E-state index contributed by atoms with van der Waals surface area (Å²) in [4.78, 5) is 4.40. The third-order valence-electron chi connectivity index (χ3n) is 3.14. The van der Waals surface area contributed by atoms with E-state index in [0.717, 1.165) is 19.4 Å². The number of halogens is 1. The zero-order chi connectivity index (χ0) is 13.5. The number of hydrogen-bond donors (Lipinski definition) is 2. The number of aliphatic imine (C=N–C) groups is 1. The molecule has 0 fully saturated rings. The zero-order valence-electron chi connectivity index (χ0n) is 11.8. The Morgan fingerprint density at radius 1 is 1.15 bits per heavy atom. The number of guanidine groups is 1. The molecule has 0 radical (unpaired) electrons. The molecule has 4 heteroatoms. The van der Waals surface area contributed by atoms with E-state index in [1.165, 1.54) is 16.3 Å². The first-order chi connectivity index (χ1) is 9.31. The summed E-state index contributed by atoms with van der Waals surface area (Å²) in [5.74, 6) is 0.529. The van der Waals surface area contributed by atoms with E-state index in [4.69, 9.17) is 5.73 Å². The molecule has 0 spiro atoms. The second-order valence-corrected chi connectivity index (χ2v) is 4.62. The van der Waals surface area contributed by atoms with Crippen LogP contribution in [0, 0.1) is 0 Å². The number of rotatable bonds is 5. The molecule has 2 aromatic carbocycles. The van der Waals surface area contributed by atoms with E-state index in [9.17, 15) is 0 Å². The van der Waals surface area contributed by atoms with Gasteiger partial charge in [0.05, 0.1) is 6.54 Å². The average molecular weight is 383 g/mol. The van der Waals surface area contributed by atoms with Crippen molar-refractivity contribution in [3.8, 4) is 0 Å². The Morgan fingerprint density at radius 3 is 2.70 bits per heavy atom. The molecule has 0 bridgehead atoms. The van der Waals surface area contributed by atoms with Gasteiger partial charge in [-0.25, -0.2) is 4.99 Å². The van der Waals surface area contributed by atoms with E-state index in [-0.39, 0.29) is 24.0 Å². The third-order valence-corrected chi connectivity index (χ3v) is 3.14. The summed E-state index contributed by atoms with van der Waals surface area (Å²) < 4.78 is 0. The summed E-state index contributed by atoms with van der Waals surface area (Å²) in [7, 11) is 0. The lowest BCUT2D eigenvalue weighted by Crippen LogP contribution is -2.32. The van der Waals surface area contributed by atoms with Crippen LogP contribution in [0.15, 0.2) is 47.5 Å². The number of hydrogen-bond acceptors (Lipinski definition) is 1. The SMILES string of the molecule is CCCCNC(N)=NCc1cccc2ccccc12.I. The monoisotopic (exact) mass is 383 g/mol. The van der Waals surface area contributed by atoms with Crippen LogP contribution in [-0.4, -0.2) is 12.5 Å². The molecule has 0 atom stereocenters. The van der Waals surface area contributed by atoms with E-state index in [0.29, 0.717) is 12.5 Å². The molecule has 0 aliphatic rings. The summed E-state index contributed by atoms with van der Waals surface area (Å²) in [5.41, 5.74) is 7.05. The van der Waals surface area contributed by atoms with Crippen molar-refractivity contribution >= 4 is 40.7 Å². The van der Waals surface area contributed by atoms with E-state index in [1.54, 1.807) is 0 Å². The molecule has 0 aromatic heterocycles. The normalized spacial score (nSPS) is 11.2. The molecular weight excluding hydrogens is 361 g/mol. The van der Waals surface area contributed by atoms with E-state index in [2.05, 4.69) is 59.7 Å². The van der Waals surface area contributed by atoms with Crippen LogP contribution in [-0.2, 0) is 6.54 Å². The van der Waals surface area contributed by atoms with Gasteiger partial charge in [0.1, 0.15) is 0 Å². The molecule has 0 unspecified atom stereocenters. The molecule has 108 valence electrons. The molecule has 3 N–H and O–H groups in total. The minimum atomic E-state index is 0. The largest absolute Gasteiger partial charge is 0.370 e. The van der Waals surface area contributed by atoms with Crippen LogP contribution in [0.5, 0.6) is 0 Å². The van der Waals surface area contributed by atoms with Crippen LogP contribution in [0.25, 0.3) is 10.8 Å². The maximum absolute atomic E-state index is 5.85. The summed E-state index contributed by atoms with van der Waals surface area (Å²) in [6.45, 7) is 3.67. The highest BCUT2D eigenvalue weighted by molar-refractivity contribution is 14.0. The summed E-state index contributed by atoms with van der Waals surface area (Å²) in [5, 5.41) is 5.62. The Kier molecular flexibility index (Phi) is 7.36. The molecule has 2 rings (SSSR count). The first kappa shape index (κ1) is 16.8. The fourth-order valence-corrected chi connectivity index (χ4v) is 2.05. The predicted molar refractivity (Wildman–Crippen MR) is 97.6 cm³/mol. The van der Waals surface area contributed by atoms with Gasteiger partial charge >= 0.3 is 0 Å². The minimum Gasteiger partial charge on any atom is -0.370 e. The van der Waals surface area contributed by atoms with Crippen LogP contribution in [0.4, 0.5) is 0 Å². The van der Waals surface area contributed by atoms with Crippen LogP contribution >= 0.6 is 24.0 Å². The van der Waals surface area contributed by atoms with Gasteiger partial charge in [-0.3, -0.25) is 0 Å². The van der Waals surface area contributed by atoms with E-state index in [1.807, 2.05) is 0 Å². The molecule has 0 aliphatic carbocycles. The molecular formula is C16H22IN3. The number of benzene rings is 2. The Bertz CT molecular complexity index is 561. The first-order valence-corrected chi connectivity index (χ1v) is 6.81. The molecule has 0 amide bonds. The Balaban J connectivity index is 0.00000200.